The number of amides is 1. The van der Waals surface area contributed by atoms with Crippen LogP contribution in [-0.4, -0.2) is 28.3 Å². The third-order valence-electron chi connectivity index (χ3n) is 3.86. The average molecular weight is 367 g/mol. The van der Waals surface area contributed by atoms with Crippen LogP contribution in [0.25, 0.3) is 0 Å². The Morgan fingerprint density at radius 3 is 2.91 bits per heavy atom. The number of hydrogen-bond acceptors (Lipinski definition) is 3. The molecule has 0 spiro atoms. The lowest BCUT2D eigenvalue weighted by Crippen LogP contribution is -2.33. The van der Waals surface area contributed by atoms with E-state index in [1.54, 1.807) is 48.1 Å². The van der Waals surface area contributed by atoms with E-state index < -0.39 is 6.04 Å². The molecule has 5 nitrogen and oxygen atoms in total. The molecule has 0 bridgehead atoms. The van der Waals surface area contributed by atoms with Gasteiger partial charge < -0.3 is 10.2 Å². The van der Waals surface area contributed by atoms with Crippen molar-refractivity contribution in [2.24, 2.45) is 7.05 Å². The largest absolute Gasteiger partial charge is 0.371 e. The highest BCUT2D eigenvalue weighted by atomic mass is 79.9. The number of nitrogens with zero attached hydrogens (tertiary/aromatic N) is 3. The number of rotatable bonds is 3. The van der Waals surface area contributed by atoms with Crippen molar-refractivity contribution in [1.82, 2.24) is 9.78 Å². The number of halogens is 2. The highest BCUT2D eigenvalue weighted by molar-refractivity contribution is 9.10. The van der Waals surface area contributed by atoms with E-state index in [1.807, 2.05) is 0 Å². The molecular formula is C15H16BrFN4O. The van der Waals surface area contributed by atoms with Crippen LogP contribution in [0.4, 0.5) is 15.8 Å². The van der Waals surface area contributed by atoms with E-state index in [0.717, 1.165) is 5.69 Å². The Morgan fingerprint density at radius 2 is 2.23 bits per heavy atom. The second kappa shape index (κ2) is 5.72. The third kappa shape index (κ3) is 2.61. The van der Waals surface area contributed by atoms with Crippen LogP contribution >= 0.6 is 15.9 Å². The molecule has 116 valence electrons. The van der Waals surface area contributed by atoms with Gasteiger partial charge in [0.25, 0.3) is 0 Å². The summed E-state index contributed by atoms with van der Waals surface area (Å²) in [6.07, 6.45) is 4.08. The molecule has 0 saturated carbocycles. The molecule has 2 aromatic rings. The van der Waals surface area contributed by atoms with Gasteiger partial charge in [-0.1, -0.05) is 15.9 Å². The van der Waals surface area contributed by atoms with Gasteiger partial charge in [-0.15, -0.1) is 0 Å². The van der Waals surface area contributed by atoms with Gasteiger partial charge in [-0.3, -0.25) is 9.48 Å². The third-order valence-corrected chi connectivity index (χ3v) is 4.72. The maximum absolute atomic E-state index is 14.2. The summed E-state index contributed by atoms with van der Waals surface area (Å²) in [6.45, 7) is 2.29. The van der Waals surface area contributed by atoms with Crippen molar-refractivity contribution in [3.8, 4) is 0 Å². The Balaban J connectivity index is 1.78. The van der Waals surface area contributed by atoms with Crippen LogP contribution in [-0.2, 0) is 11.8 Å². The van der Waals surface area contributed by atoms with Crippen LogP contribution in [0.1, 0.15) is 12.0 Å². The maximum atomic E-state index is 14.2. The summed E-state index contributed by atoms with van der Waals surface area (Å²) in [5.41, 5.74) is 1.65. The summed E-state index contributed by atoms with van der Waals surface area (Å²) in [6, 6.07) is 3.00. The first kappa shape index (κ1) is 15.0. The number of carbonyl (C=O) groups excluding carboxylic acids is 1. The molecule has 0 aliphatic carbocycles. The molecular weight excluding hydrogens is 351 g/mol. The summed E-state index contributed by atoms with van der Waals surface area (Å²) in [4.78, 5) is 14.2. The molecule has 1 aromatic heterocycles. The molecule has 1 atom stereocenters. The number of aryl methyl sites for hydroxylation is 1. The van der Waals surface area contributed by atoms with E-state index in [2.05, 4.69) is 26.3 Å². The molecule has 7 heteroatoms. The fraction of sp³-hybridized carbons (Fsp3) is 0.333. The number of aromatic nitrogens is 2. The zero-order chi connectivity index (χ0) is 15.9. The van der Waals surface area contributed by atoms with Crippen molar-refractivity contribution in [3.63, 3.8) is 0 Å². The minimum absolute atomic E-state index is 0.0621. The van der Waals surface area contributed by atoms with Gasteiger partial charge in [0.2, 0.25) is 5.91 Å². The van der Waals surface area contributed by atoms with E-state index in [9.17, 15) is 9.18 Å². The van der Waals surface area contributed by atoms with Crippen LogP contribution in [0.15, 0.2) is 29.0 Å². The Bertz CT molecular complexity index is 730. The van der Waals surface area contributed by atoms with Crippen molar-refractivity contribution in [1.29, 1.82) is 0 Å². The van der Waals surface area contributed by atoms with Gasteiger partial charge in [0, 0.05) is 29.8 Å². The Labute approximate surface area is 136 Å². The van der Waals surface area contributed by atoms with Gasteiger partial charge in [0.1, 0.15) is 11.9 Å². The van der Waals surface area contributed by atoms with E-state index >= 15 is 0 Å². The Kier molecular flexibility index (Phi) is 3.90. The molecule has 1 aromatic carbocycles. The molecule has 1 aliphatic rings. The normalized spacial score (nSPS) is 18.1. The lowest BCUT2D eigenvalue weighted by atomic mass is 10.1. The van der Waals surface area contributed by atoms with Crippen LogP contribution in [0.5, 0.6) is 0 Å². The number of nitrogens with one attached hydrogen (secondary N) is 1. The molecule has 1 fully saturated rings. The number of hydrogen-bond donors (Lipinski definition) is 1. The van der Waals surface area contributed by atoms with Gasteiger partial charge >= 0.3 is 0 Å². The smallest absolute Gasteiger partial charge is 0.249 e. The summed E-state index contributed by atoms with van der Waals surface area (Å²) in [5, 5.41) is 7.10. The number of carbonyl (C=O) groups is 1. The van der Waals surface area contributed by atoms with Crippen LogP contribution < -0.4 is 10.2 Å². The lowest BCUT2D eigenvalue weighted by Gasteiger charge is -2.17. The second-order valence-corrected chi connectivity index (χ2v) is 6.24. The first-order chi connectivity index (χ1) is 10.5. The monoisotopic (exact) mass is 366 g/mol. The van der Waals surface area contributed by atoms with E-state index in [1.165, 1.54) is 0 Å². The van der Waals surface area contributed by atoms with Crippen molar-refractivity contribution in [3.05, 3.63) is 40.4 Å². The second-order valence-electron chi connectivity index (χ2n) is 5.38. The topological polar surface area (TPSA) is 50.2 Å². The first-order valence-corrected chi connectivity index (χ1v) is 7.78. The van der Waals surface area contributed by atoms with Gasteiger partial charge in [0.15, 0.2) is 0 Å². The van der Waals surface area contributed by atoms with Crippen LogP contribution in [0.2, 0.25) is 0 Å². The average Bonchev–Trinajstić information content (AvgIpc) is 3.06. The Morgan fingerprint density at radius 1 is 1.45 bits per heavy atom. The molecule has 3 rings (SSSR count). The predicted octanol–water partition coefficient (Wildman–Crippen LogP) is 2.85. The zero-order valence-corrected chi connectivity index (χ0v) is 13.9. The van der Waals surface area contributed by atoms with E-state index in [4.69, 9.17) is 0 Å². The maximum Gasteiger partial charge on any atom is 0.249 e. The summed E-state index contributed by atoms with van der Waals surface area (Å²) >= 11 is 3.30. The SMILES string of the molecule is Cc1c(Br)ccc(NC2CCN(c3cnn(C)c3)C2=O)c1F. The fourth-order valence-corrected chi connectivity index (χ4v) is 2.88. The lowest BCUT2D eigenvalue weighted by molar-refractivity contribution is -0.117. The van der Waals surface area contributed by atoms with Gasteiger partial charge in [-0.25, -0.2) is 4.39 Å². The number of anilines is 2. The Hall–Kier alpha value is -1.89. The molecule has 1 N–H and O–H groups in total. The molecule has 1 amide bonds. The molecule has 22 heavy (non-hydrogen) atoms. The van der Waals surface area contributed by atoms with Crippen molar-refractivity contribution >= 4 is 33.2 Å². The molecule has 0 radical (unpaired) electrons. The standard InChI is InChI=1S/C15H16BrFN4O/c1-9-11(16)3-4-12(14(9)17)19-13-5-6-21(15(13)22)10-7-18-20(2)8-10/h3-4,7-8,13,19H,5-6H2,1-2H3. The van der Waals surface area contributed by atoms with E-state index in [-0.39, 0.29) is 11.7 Å². The van der Waals surface area contributed by atoms with Crippen molar-refractivity contribution in [2.45, 2.75) is 19.4 Å². The summed E-state index contributed by atoms with van der Waals surface area (Å²) < 4.78 is 16.6. The minimum Gasteiger partial charge on any atom is -0.371 e. The zero-order valence-electron chi connectivity index (χ0n) is 12.3. The van der Waals surface area contributed by atoms with Gasteiger partial charge in [-0.2, -0.15) is 5.10 Å². The van der Waals surface area contributed by atoms with Crippen molar-refractivity contribution < 1.29 is 9.18 Å². The van der Waals surface area contributed by atoms with Crippen LogP contribution in [0.3, 0.4) is 0 Å². The van der Waals surface area contributed by atoms with Crippen molar-refractivity contribution in [2.75, 3.05) is 16.8 Å². The molecule has 1 aliphatic heterocycles. The predicted molar refractivity (Wildman–Crippen MR) is 86.4 cm³/mol. The molecule has 2 heterocycles. The van der Waals surface area contributed by atoms with E-state index in [0.29, 0.717) is 28.7 Å². The number of benzene rings is 1. The van der Waals surface area contributed by atoms with Crippen LogP contribution in [0, 0.1) is 12.7 Å². The van der Waals surface area contributed by atoms with Gasteiger partial charge in [0.05, 0.1) is 17.6 Å². The van der Waals surface area contributed by atoms with Gasteiger partial charge in [-0.05, 0) is 25.5 Å². The summed E-state index contributed by atoms with van der Waals surface area (Å²) in [7, 11) is 1.81. The highest BCUT2D eigenvalue weighted by Crippen LogP contribution is 2.28. The molecule has 1 unspecified atom stereocenters. The quantitative estimate of drug-likeness (QED) is 0.908. The molecule has 1 saturated heterocycles. The highest BCUT2D eigenvalue weighted by Gasteiger charge is 2.33. The summed E-state index contributed by atoms with van der Waals surface area (Å²) in [5.74, 6) is -0.394. The first-order valence-electron chi connectivity index (χ1n) is 6.98. The fourth-order valence-electron chi connectivity index (χ4n) is 2.58. The minimum atomic E-state index is -0.421.